The van der Waals surface area contributed by atoms with Crippen molar-refractivity contribution >= 4 is 22.1 Å². The SMILES string of the molecule is CCn1cnc2c(-c3ccc(F)c(-c4cc5cnn(C)c5cc4OC)c3)cnnc21. The molecule has 0 amide bonds. The molecule has 0 aliphatic heterocycles. The van der Waals surface area contributed by atoms with E-state index in [2.05, 4.69) is 20.3 Å². The predicted molar refractivity (Wildman–Crippen MR) is 113 cm³/mol. The van der Waals surface area contributed by atoms with Crippen molar-refractivity contribution in [3.8, 4) is 28.0 Å². The fraction of sp³-hybridized carbons (Fsp3) is 0.182. The van der Waals surface area contributed by atoms with Crippen LogP contribution in [0.3, 0.4) is 0 Å². The largest absolute Gasteiger partial charge is 0.496 e. The highest BCUT2D eigenvalue weighted by Crippen LogP contribution is 2.38. The van der Waals surface area contributed by atoms with Crippen LogP contribution in [-0.2, 0) is 13.6 Å². The molecule has 0 aliphatic carbocycles. The van der Waals surface area contributed by atoms with Gasteiger partial charge < -0.3 is 9.30 Å². The average molecular weight is 402 g/mol. The van der Waals surface area contributed by atoms with Gasteiger partial charge in [-0.25, -0.2) is 9.37 Å². The van der Waals surface area contributed by atoms with Gasteiger partial charge in [0.1, 0.15) is 17.1 Å². The maximum atomic E-state index is 14.9. The highest BCUT2D eigenvalue weighted by molar-refractivity contribution is 5.92. The van der Waals surface area contributed by atoms with Gasteiger partial charge in [-0.3, -0.25) is 4.68 Å². The summed E-state index contributed by atoms with van der Waals surface area (Å²) in [5.74, 6) is 0.244. The Hall–Kier alpha value is -3.81. The number of halogens is 1. The molecule has 0 atom stereocenters. The number of hydrogen-bond acceptors (Lipinski definition) is 5. The smallest absolute Gasteiger partial charge is 0.183 e. The first-order valence-electron chi connectivity index (χ1n) is 9.57. The molecular formula is C22H19FN6O. The lowest BCUT2D eigenvalue weighted by atomic mass is 9.97. The van der Waals surface area contributed by atoms with E-state index in [9.17, 15) is 4.39 Å². The van der Waals surface area contributed by atoms with Crippen LogP contribution in [0.15, 0.2) is 49.1 Å². The Morgan fingerprint density at radius 3 is 2.73 bits per heavy atom. The monoisotopic (exact) mass is 402 g/mol. The van der Waals surface area contributed by atoms with Gasteiger partial charge in [0.15, 0.2) is 5.65 Å². The molecule has 0 fully saturated rings. The maximum Gasteiger partial charge on any atom is 0.183 e. The summed E-state index contributed by atoms with van der Waals surface area (Å²) in [5.41, 5.74) is 5.06. The molecule has 0 spiro atoms. The second-order valence-corrected chi connectivity index (χ2v) is 7.04. The van der Waals surface area contributed by atoms with Gasteiger partial charge in [0.05, 0.1) is 31.3 Å². The molecule has 3 aromatic heterocycles. The molecule has 3 heterocycles. The predicted octanol–water partition coefficient (Wildman–Crippen LogP) is 4.21. The fourth-order valence-corrected chi connectivity index (χ4v) is 3.77. The van der Waals surface area contributed by atoms with Crippen molar-refractivity contribution in [3.05, 3.63) is 54.9 Å². The molecule has 5 rings (SSSR count). The summed E-state index contributed by atoms with van der Waals surface area (Å²) < 4.78 is 24.2. The second-order valence-electron chi connectivity index (χ2n) is 7.04. The van der Waals surface area contributed by atoms with Crippen LogP contribution in [0.5, 0.6) is 5.75 Å². The van der Waals surface area contributed by atoms with Gasteiger partial charge in [-0.1, -0.05) is 6.07 Å². The number of ether oxygens (including phenoxy) is 1. The van der Waals surface area contributed by atoms with Crippen molar-refractivity contribution < 1.29 is 9.13 Å². The Balaban J connectivity index is 1.72. The Morgan fingerprint density at radius 1 is 1.07 bits per heavy atom. The number of aromatic nitrogens is 6. The second kappa shape index (κ2) is 6.91. The van der Waals surface area contributed by atoms with E-state index in [0.717, 1.165) is 34.1 Å². The van der Waals surface area contributed by atoms with Crippen molar-refractivity contribution in [2.45, 2.75) is 13.5 Å². The lowest BCUT2D eigenvalue weighted by Crippen LogP contribution is -1.96. The van der Waals surface area contributed by atoms with E-state index in [0.29, 0.717) is 22.5 Å². The van der Waals surface area contributed by atoms with Crippen LogP contribution >= 0.6 is 0 Å². The van der Waals surface area contributed by atoms with Gasteiger partial charge in [0, 0.05) is 41.7 Å². The number of rotatable bonds is 4. The molecule has 0 saturated heterocycles. The van der Waals surface area contributed by atoms with E-state index in [1.54, 1.807) is 42.6 Å². The molecule has 0 aliphatic rings. The zero-order valence-corrected chi connectivity index (χ0v) is 16.8. The molecule has 0 unspecified atom stereocenters. The zero-order chi connectivity index (χ0) is 20.8. The van der Waals surface area contributed by atoms with E-state index in [-0.39, 0.29) is 5.82 Å². The first-order valence-corrected chi connectivity index (χ1v) is 9.57. The summed E-state index contributed by atoms with van der Waals surface area (Å²) in [4.78, 5) is 4.50. The quantitative estimate of drug-likeness (QED) is 0.450. The molecule has 7 nitrogen and oxygen atoms in total. The van der Waals surface area contributed by atoms with E-state index >= 15 is 0 Å². The van der Waals surface area contributed by atoms with Crippen LogP contribution in [0.1, 0.15) is 6.92 Å². The standard InChI is InChI=1S/C22H19FN6O/c1-4-29-12-24-21-17(11-25-27-22(21)29)13-5-6-18(23)15(7-13)16-8-14-10-26-28(2)19(14)9-20(16)30-3/h5-12H,4H2,1-3H3. The van der Waals surface area contributed by atoms with Crippen molar-refractivity contribution in [1.29, 1.82) is 0 Å². The molecule has 8 heteroatoms. The molecule has 30 heavy (non-hydrogen) atoms. The summed E-state index contributed by atoms with van der Waals surface area (Å²) in [6.45, 7) is 2.76. The van der Waals surface area contributed by atoms with Crippen LogP contribution in [0, 0.1) is 5.82 Å². The van der Waals surface area contributed by atoms with Gasteiger partial charge in [0.25, 0.3) is 0 Å². The normalized spacial score (nSPS) is 11.5. The number of fused-ring (bicyclic) bond motifs is 2. The van der Waals surface area contributed by atoms with Gasteiger partial charge >= 0.3 is 0 Å². The molecule has 2 aromatic carbocycles. The molecule has 150 valence electrons. The van der Waals surface area contributed by atoms with Gasteiger partial charge in [-0.2, -0.15) is 10.2 Å². The number of methoxy groups -OCH3 is 1. The number of hydrogen-bond donors (Lipinski definition) is 0. The Labute approximate surface area is 171 Å². The maximum absolute atomic E-state index is 14.9. The number of aryl methyl sites for hydroxylation is 2. The van der Waals surface area contributed by atoms with E-state index < -0.39 is 0 Å². The Morgan fingerprint density at radius 2 is 1.93 bits per heavy atom. The third-order valence-corrected chi connectivity index (χ3v) is 5.38. The van der Waals surface area contributed by atoms with Gasteiger partial charge in [-0.15, -0.1) is 5.10 Å². The van der Waals surface area contributed by atoms with Gasteiger partial charge in [0.2, 0.25) is 0 Å². The van der Waals surface area contributed by atoms with Crippen molar-refractivity contribution in [2.24, 2.45) is 7.05 Å². The minimum atomic E-state index is -0.336. The first-order chi connectivity index (χ1) is 14.6. The minimum Gasteiger partial charge on any atom is -0.496 e. The lowest BCUT2D eigenvalue weighted by Gasteiger charge is -2.12. The number of nitrogens with zero attached hydrogens (tertiary/aromatic N) is 6. The Kier molecular flexibility index (Phi) is 4.20. The van der Waals surface area contributed by atoms with E-state index in [1.807, 2.05) is 30.7 Å². The van der Waals surface area contributed by atoms with Crippen LogP contribution < -0.4 is 4.74 Å². The van der Waals surface area contributed by atoms with E-state index in [1.165, 1.54) is 6.07 Å². The van der Waals surface area contributed by atoms with Gasteiger partial charge in [-0.05, 0) is 30.7 Å². The molecule has 0 bridgehead atoms. The van der Waals surface area contributed by atoms with Crippen LogP contribution in [0.2, 0.25) is 0 Å². The summed E-state index contributed by atoms with van der Waals surface area (Å²) in [5, 5.41) is 13.5. The molecule has 5 aromatic rings. The molecule has 0 radical (unpaired) electrons. The van der Waals surface area contributed by atoms with E-state index in [4.69, 9.17) is 4.74 Å². The van der Waals surface area contributed by atoms with Crippen LogP contribution in [0.25, 0.3) is 44.3 Å². The fourth-order valence-electron chi connectivity index (χ4n) is 3.77. The van der Waals surface area contributed by atoms with Crippen LogP contribution in [-0.4, -0.2) is 36.6 Å². The van der Waals surface area contributed by atoms with Crippen molar-refractivity contribution in [1.82, 2.24) is 29.5 Å². The third kappa shape index (κ3) is 2.72. The Bertz CT molecular complexity index is 1400. The number of benzene rings is 2. The van der Waals surface area contributed by atoms with Crippen molar-refractivity contribution in [2.75, 3.05) is 7.11 Å². The van der Waals surface area contributed by atoms with Crippen molar-refractivity contribution in [3.63, 3.8) is 0 Å². The third-order valence-electron chi connectivity index (χ3n) is 5.38. The zero-order valence-electron chi connectivity index (χ0n) is 16.8. The highest BCUT2D eigenvalue weighted by atomic mass is 19.1. The minimum absolute atomic E-state index is 0.336. The summed E-state index contributed by atoms with van der Waals surface area (Å²) >= 11 is 0. The molecular weight excluding hydrogens is 383 g/mol. The molecule has 0 N–H and O–H groups in total. The lowest BCUT2D eigenvalue weighted by molar-refractivity contribution is 0.416. The summed E-state index contributed by atoms with van der Waals surface area (Å²) in [7, 11) is 3.44. The average Bonchev–Trinajstić information content (AvgIpc) is 3.36. The topological polar surface area (TPSA) is 70.7 Å². The first kappa shape index (κ1) is 18.2. The molecule has 0 saturated carbocycles. The summed E-state index contributed by atoms with van der Waals surface area (Å²) in [6, 6.07) is 8.77. The summed E-state index contributed by atoms with van der Waals surface area (Å²) in [6.07, 6.45) is 5.16. The van der Waals surface area contributed by atoms with Crippen LogP contribution in [0.4, 0.5) is 4.39 Å². The number of imidazole rings is 1. The highest BCUT2D eigenvalue weighted by Gasteiger charge is 2.17.